The molecule has 58 heavy (non-hydrogen) atoms. The van der Waals surface area contributed by atoms with E-state index in [-0.39, 0.29) is 11.1 Å². The molecule has 5 heteroatoms. The number of hydrogen-bond acceptors (Lipinski definition) is 3. The Kier molecular flexibility index (Phi) is 7.80. The predicted octanol–water partition coefficient (Wildman–Crippen LogP) is 13.3. The van der Waals surface area contributed by atoms with Crippen LogP contribution >= 0.6 is 0 Å². The van der Waals surface area contributed by atoms with E-state index in [0.717, 1.165) is 35.1 Å². The van der Waals surface area contributed by atoms with Crippen LogP contribution in [0.3, 0.4) is 0 Å². The van der Waals surface area contributed by atoms with Gasteiger partial charge in [-0.15, -0.1) is 0 Å². The molecule has 3 aliphatic carbocycles. The van der Waals surface area contributed by atoms with Crippen LogP contribution in [-0.2, 0) is 11.3 Å². The molecule has 276 valence electrons. The average Bonchev–Trinajstić information content (AvgIpc) is 3.72. The number of nitrogens with zero attached hydrogens (tertiary/aromatic N) is 3. The van der Waals surface area contributed by atoms with Gasteiger partial charge in [-0.05, 0) is 81.1 Å². The van der Waals surface area contributed by atoms with E-state index in [1.54, 1.807) is 12.1 Å². The van der Waals surface area contributed by atoms with Gasteiger partial charge in [-0.1, -0.05) is 175 Å². The fraction of sp³-hybridized carbons (Fsp3) is 0.0755. The van der Waals surface area contributed by atoms with Gasteiger partial charge in [0.1, 0.15) is 0 Å². The van der Waals surface area contributed by atoms with Gasteiger partial charge in [-0.25, -0.2) is 15.0 Å². The van der Waals surface area contributed by atoms with Crippen molar-refractivity contribution in [1.29, 1.82) is 0 Å². The van der Waals surface area contributed by atoms with Crippen molar-refractivity contribution in [3.63, 3.8) is 0 Å². The normalized spacial score (nSPS) is 16.9. The van der Waals surface area contributed by atoms with Crippen LogP contribution in [0.25, 0.3) is 67.5 Å². The number of fused-ring (bicyclic) bond motifs is 6. The van der Waals surface area contributed by atoms with Crippen LogP contribution in [0.15, 0.2) is 194 Å². The fourth-order valence-corrected chi connectivity index (χ4v) is 9.39. The van der Waals surface area contributed by atoms with Crippen molar-refractivity contribution in [2.75, 3.05) is 0 Å². The Morgan fingerprint density at radius 3 is 1.57 bits per heavy atom. The van der Waals surface area contributed by atoms with Gasteiger partial charge in [0, 0.05) is 27.8 Å². The maximum absolute atomic E-state index is 16.3. The van der Waals surface area contributed by atoms with Crippen LogP contribution in [0.4, 0.5) is 8.78 Å². The Balaban J connectivity index is 1.06. The van der Waals surface area contributed by atoms with E-state index in [1.807, 2.05) is 78.9 Å². The lowest BCUT2D eigenvalue weighted by atomic mass is 9.65. The monoisotopic (exact) mass is 751 g/mol. The smallest absolute Gasteiger partial charge is 0.208 e. The highest BCUT2D eigenvalue weighted by atomic mass is 19.3. The average molecular weight is 752 g/mol. The Morgan fingerprint density at radius 2 is 0.931 bits per heavy atom. The van der Waals surface area contributed by atoms with Crippen LogP contribution in [0.2, 0.25) is 0 Å². The summed E-state index contributed by atoms with van der Waals surface area (Å²) in [5, 5.41) is 0. The molecule has 0 bridgehead atoms. The highest BCUT2D eigenvalue weighted by Crippen LogP contribution is 2.58. The molecular formula is C53H35F2N3. The minimum absolute atomic E-state index is 0.000316. The van der Waals surface area contributed by atoms with Crippen molar-refractivity contribution in [1.82, 2.24) is 15.0 Å². The second-order valence-electron chi connectivity index (χ2n) is 15.2. The molecule has 1 heterocycles. The largest absolute Gasteiger partial charge is 0.299 e. The van der Waals surface area contributed by atoms with E-state index in [2.05, 4.69) is 91.0 Å². The minimum Gasteiger partial charge on any atom is -0.208 e. The first kappa shape index (κ1) is 34.2. The van der Waals surface area contributed by atoms with E-state index in [0.29, 0.717) is 34.2 Å². The van der Waals surface area contributed by atoms with Crippen LogP contribution in [0.5, 0.6) is 0 Å². The fourth-order valence-electron chi connectivity index (χ4n) is 9.39. The van der Waals surface area contributed by atoms with Crippen molar-refractivity contribution < 1.29 is 8.78 Å². The van der Waals surface area contributed by atoms with Gasteiger partial charge in [-0.3, -0.25) is 0 Å². The molecule has 1 unspecified atom stereocenters. The molecule has 7 aromatic carbocycles. The standard InChI is InChI=1S/C53H35F2N3/c54-53(55)46-29-26-36(37-25-28-42-41-23-13-14-24-45(41)52(48(42)33-37,39-19-9-3-10-20-39)40-21-11-4-12-22-40)31-43(46)44-32-38(27-30-47(44)53)51-57-49(34-15-5-1-6-16-34)56-50(58-51)35-17-7-2-8-18-35/h1-11,13-21,23-33H,12,22H2. The van der Waals surface area contributed by atoms with E-state index in [9.17, 15) is 0 Å². The molecule has 0 aliphatic heterocycles. The molecule has 3 aliphatic rings. The number of aromatic nitrogens is 3. The molecule has 1 atom stereocenters. The molecule has 0 saturated heterocycles. The highest BCUT2D eigenvalue weighted by Gasteiger charge is 2.48. The molecular weight excluding hydrogens is 717 g/mol. The number of allylic oxidation sites excluding steroid dienone is 4. The summed E-state index contributed by atoms with van der Waals surface area (Å²) in [6.07, 6.45) is 8.62. The number of alkyl halides is 2. The predicted molar refractivity (Wildman–Crippen MR) is 228 cm³/mol. The zero-order chi connectivity index (χ0) is 38.8. The third-order valence-electron chi connectivity index (χ3n) is 12.0. The molecule has 0 spiro atoms. The lowest BCUT2D eigenvalue weighted by Gasteiger charge is -2.37. The van der Waals surface area contributed by atoms with Crippen LogP contribution in [-0.4, -0.2) is 15.0 Å². The lowest BCUT2D eigenvalue weighted by molar-refractivity contribution is 0.0480. The van der Waals surface area contributed by atoms with E-state index >= 15 is 8.78 Å². The summed E-state index contributed by atoms with van der Waals surface area (Å²) in [6, 6.07) is 56.1. The van der Waals surface area contributed by atoms with Crippen molar-refractivity contribution in [2.24, 2.45) is 0 Å². The van der Waals surface area contributed by atoms with Gasteiger partial charge in [0.25, 0.3) is 5.92 Å². The number of rotatable bonds is 6. The first-order chi connectivity index (χ1) is 28.5. The molecule has 0 fully saturated rings. The molecule has 0 saturated carbocycles. The SMILES string of the molecule is FC1(F)c2ccc(-c3ccc4c(c3)C(C3=CC=CCC3)(c3ccccc3)c3ccccc3-4)cc2-c2cc(-c3nc(-c4ccccc4)nc(-c4ccccc4)n3)ccc21. The zero-order valence-corrected chi connectivity index (χ0v) is 31.4. The van der Waals surface area contributed by atoms with Gasteiger partial charge in [0.05, 0.1) is 5.41 Å². The second-order valence-corrected chi connectivity index (χ2v) is 15.2. The van der Waals surface area contributed by atoms with Crippen LogP contribution in [0.1, 0.15) is 40.7 Å². The van der Waals surface area contributed by atoms with Gasteiger partial charge in [0.15, 0.2) is 17.5 Å². The molecule has 0 N–H and O–H groups in total. The van der Waals surface area contributed by atoms with Crippen molar-refractivity contribution in [3.8, 4) is 67.5 Å². The summed E-state index contributed by atoms with van der Waals surface area (Å²) < 4.78 is 32.7. The summed E-state index contributed by atoms with van der Waals surface area (Å²) in [7, 11) is 0. The number of halogens is 2. The summed E-state index contributed by atoms with van der Waals surface area (Å²) in [5.74, 6) is -1.70. The van der Waals surface area contributed by atoms with Crippen molar-refractivity contribution in [2.45, 2.75) is 24.2 Å². The Hall–Kier alpha value is -7.11. The van der Waals surface area contributed by atoms with Crippen LogP contribution in [0, 0.1) is 0 Å². The lowest BCUT2D eigenvalue weighted by Crippen LogP contribution is -2.30. The van der Waals surface area contributed by atoms with Gasteiger partial charge < -0.3 is 0 Å². The topological polar surface area (TPSA) is 38.7 Å². The third-order valence-corrected chi connectivity index (χ3v) is 12.0. The van der Waals surface area contributed by atoms with E-state index in [1.165, 1.54) is 39.5 Å². The zero-order valence-electron chi connectivity index (χ0n) is 31.4. The van der Waals surface area contributed by atoms with Gasteiger partial charge >= 0.3 is 0 Å². The highest BCUT2D eigenvalue weighted by molar-refractivity contribution is 5.90. The quantitative estimate of drug-likeness (QED) is 0.170. The summed E-state index contributed by atoms with van der Waals surface area (Å²) in [5.41, 5.74) is 12.2. The Morgan fingerprint density at radius 1 is 0.414 bits per heavy atom. The van der Waals surface area contributed by atoms with Crippen LogP contribution < -0.4 is 0 Å². The van der Waals surface area contributed by atoms with Gasteiger partial charge in [0.2, 0.25) is 0 Å². The minimum atomic E-state index is -3.16. The summed E-state index contributed by atoms with van der Waals surface area (Å²) in [4.78, 5) is 14.6. The van der Waals surface area contributed by atoms with Crippen molar-refractivity contribution >= 4 is 0 Å². The first-order valence-electron chi connectivity index (χ1n) is 19.7. The maximum atomic E-state index is 16.3. The molecule has 11 rings (SSSR count). The Labute approximate surface area is 335 Å². The van der Waals surface area contributed by atoms with Crippen molar-refractivity contribution in [3.05, 3.63) is 221 Å². The third kappa shape index (κ3) is 5.20. The number of benzene rings is 7. The Bertz CT molecular complexity index is 2910. The molecule has 8 aromatic rings. The first-order valence-corrected chi connectivity index (χ1v) is 19.7. The number of hydrogen-bond donors (Lipinski definition) is 0. The summed E-state index contributed by atoms with van der Waals surface area (Å²) in [6.45, 7) is 0. The second kappa shape index (κ2) is 13.2. The molecule has 0 amide bonds. The molecule has 0 radical (unpaired) electrons. The maximum Gasteiger partial charge on any atom is 0.299 e. The van der Waals surface area contributed by atoms with E-state index < -0.39 is 11.3 Å². The molecule has 1 aromatic heterocycles. The summed E-state index contributed by atoms with van der Waals surface area (Å²) >= 11 is 0. The molecule has 3 nitrogen and oxygen atoms in total. The van der Waals surface area contributed by atoms with E-state index in [4.69, 9.17) is 15.0 Å². The van der Waals surface area contributed by atoms with Gasteiger partial charge in [-0.2, -0.15) is 8.78 Å².